The molecule has 0 bridgehead atoms. The Labute approximate surface area is 222 Å². The number of rotatable bonds is 5. The second-order valence-corrected chi connectivity index (χ2v) is 12.4. The number of aliphatic hydroxyl groups excluding tert-OH is 3. The van der Waals surface area contributed by atoms with Gasteiger partial charge in [-0.05, 0) is 88.0 Å². The first-order valence-electron chi connectivity index (χ1n) is 14.2. The highest BCUT2D eigenvalue weighted by Crippen LogP contribution is 2.57. The Morgan fingerprint density at radius 1 is 1.03 bits per heavy atom. The van der Waals surface area contributed by atoms with Gasteiger partial charge in [-0.3, -0.25) is 14.4 Å². The zero-order valence-corrected chi connectivity index (χ0v) is 22.0. The van der Waals surface area contributed by atoms with E-state index in [0.29, 0.717) is 31.9 Å². The Hall–Kier alpha value is -1.85. The van der Waals surface area contributed by atoms with Gasteiger partial charge >= 0.3 is 0 Å². The van der Waals surface area contributed by atoms with E-state index in [1.807, 2.05) is 6.92 Å². The number of ketones is 2. The van der Waals surface area contributed by atoms with Crippen LogP contribution < -0.4 is 11.5 Å². The highest BCUT2D eigenvalue weighted by molar-refractivity contribution is 6.23. The summed E-state index contributed by atoms with van der Waals surface area (Å²) in [6, 6.07) is 0. The molecule has 0 aromatic heterocycles. The number of hydrogen-bond donors (Lipinski definition) is 6. The number of hydrogen-bond acceptors (Lipinski definition) is 9. The topological polar surface area (TPSA) is 193 Å². The zero-order chi connectivity index (χ0) is 27.5. The molecule has 5 aliphatic carbocycles. The van der Waals surface area contributed by atoms with Crippen molar-refractivity contribution >= 4 is 17.5 Å². The molecule has 4 fully saturated rings. The average Bonchev–Trinajstić information content (AvgIpc) is 2.86. The lowest BCUT2D eigenvalue weighted by Crippen LogP contribution is -2.69. The number of Topliss-reactive ketones (excluding diaryl/α,β-unsaturated/α-hetero) is 2. The highest BCUT2D eigenvalue weighted by Gasteiger charge is 2.66. The highest BCUT2D eigenvalue weighted by atomic mass is 16.5. The molecular formula is C28H42N2O8. The standard InChI is InChI=1S/C28H42N2O8/c1-2-38-20-6-3-12(7-14(20)11-29)16-4-5-18(31)22-17(16)9-13-8-15-10-19(32)23(27(30)36)26(35)28(15,37)25(34)21(13)24(22)33/h12-18,20-22,25,31-32,34,37H,2-11,29H2,1H3,(H2,30,36)/t12?,13-,14?,15+,16?,17?,18?,20?,21?,22?,25?,28+/m1/s1. The van der Waals surface area contributed by atoms with Crippen LogP contribution >= 0.6 is 0 Å². The maximum absolute atomic E-state index is 14.0. The third-order valence-corrected chi connectivity index (χ3v) is 10.8. The lowest BCUT2D eigenvalue weighted by atomic mass is 9.48. The SMILES string of the molecule is CCOC1CCC(C2CCC(O)C3C(=O)C4C(O)[C@]5(O)C(=O)C(C(N)=O)=C(O)C[C@@H]5C[C@@H]4CC23)CC1CN. The monoisotopic (exact) mass is 534 g/mol. The van der Waals surface area contributed by atoms with Gasteiger partial charge in [-0.25, -0.2) is 0 Å². The predicted octanol–water partition coefficient (Wildman–Crippen LogP) is 0.357. The van der Waals surface area contributed by atoms with Gasteiger partial charge in [-0.15, -0.1) is 0 Å². The van der Waals surface area contributed by atoms with Crippen molar-refractivity contribution in [2.24, 2.45) is 58.8 Å². The molecule has 10 heteroatoms. The van der Waals surface area contributed by atoms with Crippen molar-refractivity contribution in [1.82, 2.24) is 0 Å². The Kier molecular flexibility index (Phi) is 7.49. The zero-order valence-electron chi connectivity index (χ0n) is 22.0. The van der Waals surface area contributed by atoms with Crippen LogP contribution in [0.5, 0.6) is 0 Å². The van der Waals surface area contributed by atoms with Crippen molar-refractivity contribution in [3.8, 4) is 0 Å². The number of primary amides is 1. The minimum Gasteiger partial charge on any atom is -0.511 e. The maximum atomic E-state index is 14.0. The molecule has 9 unspecified atom stereocenters. The number of amides is 1. The molecule has 0 heterocycles. The molecule has 38 heavy (non-hydrogen) atoms. The van der Waals surface area contributed by atoms with Crippen molar-refractivity contribution in [1.29, 1.82) is 0 Å². The summed E-state index contributed by atoms with van der Waals surface area (Å²) in [5.41, 5.74) is 8.30. The first-order chi connectivity index (χ1) is 18.0. The van der Waals surface area contributed by atoms with Gasteiger partial charge in [0, 0.05) is 24.9 Å². The number of allylic oxidation sites excluding steroid dienone is 1. The molecule has 5 rings (SSSR count). The lowest BCUT2D eigenvalue weighted by molar-refractivity contribution is -0.202. The van der Waals surface area contributed by atoms with Crippen molar-refractivity contribution in [2.75, 3.05) is 13.2 Å². The van der Waals surface area contributed by atoms with Gasteiger partial charge in [-0.2, -0.15) is 0 Å². The van der Waals surface area contributed by atoms with Crippen LogP contribution in [0.15, 0.2) is 11.3 Å². The van der Waals surface area contributed by atoms with Crippen LogP contribution in [0.1, 0.15) is 58.3 Å². The summed E-state index contributed by atoms with van der Waals surface area (Å²) in [5, 5.41) is 44.2. The smallest absolute Gasteiger partial charge is 0.255 e. The minimum atomic E-state index is -2.38. The van der Waals surface area contributed by atoms with Gasteiger partial charge in [0.05, 0.1) is 18.1 Å². The molecule has 1 amide bonds. The van der Waals surface area contributed by atoms with Crippen molar-refractivity contribution < 1.29 is 39.5 Å². The summed E-state index contributed by atoms with van der Waals surface area (Å²) in [6.07, 6.45) is 2.33. The van der Waals surface area contributed by atoms with E-state index >= 15 is 0 Å². The number of carbonyl (C=O) groups is 3. The number of ether oxygens (including phenoxy) is 1. The fourth-order valence-corrected chi connectivity index (χ4v) is 9.11. The van der Waals surface area contributed by atoms with E-state index in [4.69, 9.17) is 16.2 Å². The molecule has 4 saturated carbocycles. The number of fused-ring (bicyclic) bond motifs is 3. The van der Waals surface area contributed by atoms with Crippen LogP contribution in [0.4, 0.5) is 0 Å². The van der Waals surface area contributed by atoms with E-state index in [1.54, 1.807) is 0 Å². The maximum Gasteiger partial charge on any atom is 0.255 e. The molecule has 8 N–H and O–H groups in total. The number of aliphatic hydroxyl groups is 4. The van der Waals surface area contributed by atoms with Gasteiger partial charge < -0.3 is 36.6 Å². The first-order valence-corrected chi connectivity index (χ1v) is 14.2. The van der Waals surface area contributed by atoms with Gasteiger partial charge in [-0.1, -0.05) is 0 Å². The van der Waals surface area contributed by atoms with E-state index in [0.717, 1.165) is 25.7 Å². The Morgan fingerprint density at radius 3 is 2.42 bits per heavy atom. The van der Waals surface area contributed by atoms with Gasteiger partial charge in [0.15, 0.2) is 5.60 Å². The third kappa shape index (κ3) is 4.15. The van der Waals surface area contributed by atoms with E-state index in [9.17, 15) is 34.8 Å². The molecule has 0 aromatic carbocycles. The molecular weight excluding hydrogens is 492 g/mol. The predicted molar refractivity (Wildman–Crippen MR) is 135 cm³/mol. The fraction of sp³-hybridized carbons (Fsp3) is 0.821. The van der Waals surface area contributed by atoms with Crippen molar-refractivity contribution in [3.63, 3.8) is 0 Å². The number of carbonyl (C=O) groups excluding carboxylic acids is 3. The van der Waals surface area contributed by atoms with Crippen molar-refractivity contribution in [3.05, 3.63) is 11.3 Å². The molecule has 10 nitrogen and oxygen atoms in total. The Bertz CT molecular complexity index is 1010. The van der Waals surface area contributed by atoms with Crippen molar-refractivity contribution in [2.45, 2.75) is 82.2 Å². The van der Waals surface area contributed by atoms with E-state index in [-0.39, 0.29) is 48.4 Å². The van der Waals surface area contributed by atoms with E-state index in [1.165, 1.54) is 0 Å². The molecule has 5 aliphatic rings. The average molecular weight is 535 g/mol. The van der Waals surface area contributed by atoms with Crippen LogP contribution in [0.2, 0.25) is 0 Å². The summed E-state index contributed by atoms with van der Waals surface area (Å²) in [7, 11) is 0. The second kappa shape index (κ2) is 10.3. The van der Waals surface area contributed by atoms with Crippen LogP contribution in [0.25, 0.3) is 0 Å². The van der Waals surface area contributed by atoms with Gasteiger partial charge in [0.1, 0.15) is 23.2 Å². The van der Waals surface area contributed by atoms with Gasteiger partial charge in [0.25, 0.3) is 5.91 Å². The van der Waals surface area contributed by atoms with E-state index < -0.39 is 58.6 Å². The molecule has 12 atom stereocenters. The van der Waals surface area contributed by atoms with Crippen LogP contribution in [-0.2, 0) is 19.1 Å². The molecule has 0 spiro atoms. The van der Waals surface area contributed by atoms with Crippen LogP contribution in [-0.4, -0.2) is 75.0 Å². The summed E-state index contributed by atoms with van der Waals surface area (Å²) in [5.74, 6) is -5.18. The van der Waals surface area contributed by atoms with Crippen LogP contribution in [0, 0.1) is 47.3 Å². The molecule has 0 radical (unpaired) electrons. The largest absolute Gasteiger partial charge is 0.511 e. The first kappa shape index (κ1) is 27.7. The number of nitrogens with two attached hydrogens (primary N) is 2. The molecule has 0 aliphatic heterocycles. The summed E-state index contributed by atoms with van der Waals surface area (Å²) in [4.78, 5) is 39.0. The normalized spacial score (nSPS) is 47.2. The van der Waals surface area contributed by atoms with Crippen LogP contribution in [0.3, 0.4) is 0 Å². The van der Waals surface area contributed by atoms with Gasteiger partial charge in [0.2, 0.25) is 5.78 Å². The molecule has 0 saturated heterocycles. The lowest BCUT2D eigenvalue weighted by Gasteiger charge is -2.57. The molecule has 0 aromatic rings. The third-order valence-electron chi connectivity index (χ3n) is 10.8. The quantitative estimate of drug-likeness (QED) is 0.270. The Morgan fingerprint density at radius 2 is 1.76 bits per heavy atom. The van der Waals surface area contributed by atoms with E-state index in [2.05, 4.69) is 0 Å². The molecule has 212 valence electrons. The fourth-order valence-electron chi connectivity index (χ4n) is 9.11. The summed E-state index contributed by atoms with van der Waals surface area (Å²) in [6.45, 7) is 3.17. The second-order valence-electron chi connectivity index (χ2n) is 12.4. The summed E-state index contributed by atoms with van der Waals surface area (Å²) >= 11 is 0. The minimum absolute atomic E-state index is 0.0671. The summed E-state index contributed by atoms with van der Waals surface area (Å²) < 4.78 is 5.94. The Balaban J connectivity index is 1.42.